The van der Waals surface area contributed by atoms with E-state index < -0.39 is 0 Å². The van der Waals surface area contributed by atoms with Gasteiger partial charge in [-0.15, -0.1) is 0 Å². The molecule has 1 aromatic heterocycles. The lowest BCUT2D eigenvalue weighted by atomic mass is 10.1. The van der Waals surface area contributed by atoms with Crippen LogP contribution in [0.4, 0.5) is 5.69 Å². The fraction of sp³-hybridized carbons (Fsp3) is 0.211. The number of carbonyl (C=O) groups is 1. The van der Waals surface area contributed by atoms with E-state index in [-0.39, 0.29) is 12.4 Å². The SMILES string of the molecule is CCOC(=O)Cc1ccccc1OCc1cc(N)c2occc2c1. The first kappa shape index (κ1) is 15.9. The summed E-state index contributed by atoms with van der Waals surface area (Å²) in [5.74, 6) is 0.397. The summed E-state index contributed by atoms with van der Waals surface area (Å²) in [4.78, 5) is 11.7. The van der Waals surface area contributed by atoms with Gasteiger partial charge < -0.3 is 19.6 Å². The molecule has 124 valence electrons. The van der Waals surface area contributed by atoms with Crippen LogP contribution >= 0.6 is 0 Å². The van der Waals surface area contributed by atoms with Crippen molar-refractivity contribution in [2.24, 2.45) is 0 Å². The summed E-state index contributed by atoms with van der Waals surface area (Å²) < 4.78 is 16.2. The standard InChI is InChI=1S/C19H19NO4/c1-2-22-18(21)11-14-5-3-4-6-17(14)24-12-13-9-15-7-8-23-19(15)16(20)10-13/h3-10H,2,11-12,20H2,1H3. The van der Waals surface area contributed by atoms with E-state index in [1.54, 1.807) is 13.2 Å². The summed E-state index contributed by atoms with van der Waals surface area (Å²) in [6.45, 7) is 2.51. The first-order chi connectivity index (χ1) is 11.7. The third-order valence-corrected chi connectivity index (χ3v) is 3.65. The topological polar surface area (TPSA) is 74.7 Å². The van der Waals surface area contributed by atoms with E-state index >= 15 is 0 Å². The Kier molecular flexibility index (Phi) is 4.70. The Morgan fingerprint density at radius 1 is 1.21 bits per heavy atom. The lowest BCUT2D eigenvalue weighted by molar-refractivity contribution is -0.142. The molecule has 0 saturated heterocycles. The zero-order valence-corrected chi connectivity index (χ0v) is 13.5. The van der Waals surface area contributed by atoms with Crippen LogP contribution in [0.2, 0.25) is 0 Å². The number of furan rings is 1. The number of carbonyl (C=O) groups excluding carboxylic acids is 1. The van der Waals surface area contributed by atoms with Gasteiger partial charge in [-0.1, -0.05) is 18.2 Å². The molecule has 24 heavy (non-hydrogen) atoms. The highest BCUT2D eigenvalue weighted by molar-refractivity contribution is 5.88. The minimum absolute atomic E-state index is 0.187. The van der Waals surface area contributed by atoms with Crippen molar-refractivity contribution >= 4 is 22.6 Å². The number of esters is 1. The number of hydrogen-bond donors (Lipinski definition) is 1. The van der Waals surface area contributed by atoms with Crippen LogP contribution in [0.1, 0.15) is 18.1 Å². The molecule has 0 fully saturated rings. The van der Waals surface area contributed by atoms with Gasteiger partial charge in [-0.05, 0) is 36.8 Å². The quantitative estimate of drug-likeness (QED) is 0.552. The minimum Gasteiger partial charge on any atom is -0.489 e. The molecule has 2 N–H and O–H groups in total. The summed E-state index contributed by atoms with van der Waals surface area (Å²) in [6, 6.07) is 13.1. The largest absolute Gasteiger partial charge is 0.489 e. The van der Waals surface area contributed by atoms with Crippen LogP contribution < -0.4 is 10.5 Å². The van der Waals surface area contributed by atoms with Crippen molar-refractivity contribution in [1.82, 2.24) is 0 Å². The zero-order valence-electron chi connectivity index (χ0n) is 13.5. The highest BCUT2D eigenvalue weighted by atomic mass is 16.5. The number of fused-ring (bicyclic) bond motifs is 1. The average molecular weight is 325 g/mol. The fourth-order valence-corrected chi connectivity index (χ4v) is 2.58. The van der Waals surface area contributed by atoms with Gasteiger partial charge in [0.05, 0.1) is 25.0 Å². The molecule has 5 nitrogen and oxygen atoms in total. The van der Waals surface area contributed by atoms with Gasteiger partial charge in [0.2, 0.25) is 0 Å². The average Bonchev–Trinajstić information content (AvgIpc) is 3.03. The Hall–Kier alpha value is -2.95. The Bertz CT molecular complexity index is 853. The smallest absolute Gasteiger partial charge is 0.310 e. The molecule has 0 radical (unpaired) electrons. The van der Waals surface area contributed by atoms with Gasteiger partial charge in [-0.3, -0.25) is 4.79 Å². The molecule has 0 aliphatic heterocycles. The number of rotatable bonds is 6. The first-order valence-electron chi connectivity index (χ1n) is 7.79. The van der Waals surface area contributed by atoms with Crippen LogP contribution in [0.25, 0.3) is 11.0 Å². The molecule has 0 unspecified atom stereocenters. The van der Waals surface area contributed by atoms with Crippen LogP contribution in [0, 0.1) is 0 Å². The molecule has 0 aliphatic carbocycles. The van der Waals surface area contributed by atoms with E-state index in [1.807, 2.05) is 42.5 Å². The summed E-state index contributed by atoms with van der Waals surface area (Å²) in [5, 5.41) is 0.938. The molecule has 0 saturated carbocycles. The maximum atomic E-state index is 11.7. The van der Waals surface area contributed by atoms with Crippen molar-refractivity contribution in [2.45, 2.75) is 20.0 Å². The van der Waals surface area contributed by atoms with Crippen molar-refractivity contribution in [3.63, 3.8) is 0 Å². The molecule has 3 rings (SSSR count). The molecule has 0 spiro atoms. The number of hydrogen-bond acceptors (Lipinski definition) is 5. The van der Waals surface area contributed by atoms with Crippen molar-refractivity contribution in [3.8, 4) is 5.75 Å². The second kappa shape index (κ2) is 7.08. The number of ether oxygens (including phenoxy) is 2. The summed E-state index contributed by atoms with van der Waals surface area (Å²) in [5.41, 5.74) is 8.99. The molecule has 0 aliphatic rings. The second-order valence-corrected chi connectivity index (χ2v) is 5.40. The van der Waals surface area contributed by atoms with Gasteiger partial charge in [-0.2, -0.15) is 0 Å². The van der Waals surface area contributed by atoms with E-state index in [0.717, 1.165) is 16.5 Å². The Morgan fingerprint density at radius 2 is 2.04 bits per heavy atom. The zero-order chi connectivity index (χ0) is 16.9. The highest BCUT2D eigenvalue weighted by Crippen LogP contribution is 2.26. The van der Waals surface area contributed by atoms with Gasteiger partial charge in [-0.25, -0.2) is 0 Å². The van der Waals surface area contributed by atoms with E-state index in [1.165, 1.54) is 0 Å². The van der Waals surface area contributed by atoms with Crippen molar-refractivity contribution in [1.29, 1.82) is 0 Å². The summed E-state index contributed by atoms with van der Waals surface area (Å²) >= 11 is 0. The van der Waals surface area contributed by atoms with E-state index in [2.05, 4.69) is 0 Å². The van der Waals surface area contributed by atoms with Crippen molar-refractivity contribution in [2.75, 3.05) is 12.3 Å². The predicted octanol–water partition coefficient (Wildman–Crippen LogP) is 3.70. The maximum absolute atomic E-state index is 11.7. The fourth-order valence-electron chi connectivity index (χ4n) is 2.58. The monoisotopic (exact) mass is 325 g/mol. The number of nitrogens with two attached hydrogens (primary N) is 1. The molecule has 5 heteroatoms. The summed E-state index contributed by atoms with van der Waals surface area (Å²) in [6.07, 6.45) is 1.80. The summed E-state index contributed by atoms with van der Waals surface area (Å²) in [7, 11) is 0. The van der Waals surface area contributed by atoms with Crippen LogP contribution in [-0.2, 0) is 22.6 Å². The van der Waals surface area contributed by atoms with Gasteiger partial charge in [0.15, 0.2) is 5.58 Å². The van der Waals surface area contributed by atoms with Crippen LogP contribution in [0.15, 0.2) is 53.1 Å². The first-order valence-corrected chi connectivity index (χ1v) is 7.79. The Labute approximate surface area is 140 Å². The van der Waals surface area contributed by atoms with Crippen LogP contribution in [0.5, 0.6) is 5.75 Å². The maximum Gasteiger partial charge on any atom is 0.310 e. The molecule has 3 aromatic rings. The third kappa shape index (κ3) is 3.51. The number of anilines is 1. The number of para-hydroxylation sites is 1. The predicted molar refractivity (Wildman–Crippen MR) is 91.7 cm³/mol. The van der Waals surface area contributed by atoms with E-state index in [9.17, 15) is 4.79 Å². The molecule has 1 heterocycles. The molecule has 0 bridgehead atoms. The molecule has 2 aromatic carbocycles. The van der Waals surface area contributed by atoms with Crippen LogP contribution in [-0.4, -0.2) is 12.6 Å². The van der Waals surface area contributed by atoms with Gasteiger partial charge in [0, 0.05) is 10.9 Å². The molecule has 0 atom stereocenters. The lowest BCUT2D eigenvalue weighted by Crippen LogP contribution is -2.09. The number of nitrogen functional groups attached to an aromatic ring is 1. The normalized spacial score (nSPS) is 10.7. The van der Waals surface area contributed by atoms with E-state index in [0.29, 0.717) is 30.2 Å². The van der Waals surface area contributed by atoms with E-state index in [4.69, 9.17) is 19.6 Å². The molecular weight excluding hydrogens is 306 g/mol. The molecular formula is C19H19NO4. The number of benzene rings is 2. The second-order valence-electron chi connectivity index (χ2n) is 5.40. The van der Waals surface area contributed by atoms with Gasteiger partial charge in [0.1, 0.15) is 12.4 Å². The van der Waals surface area contributed by atoms with Crippen molar-refractivity contribution in [3.05, 3.63) is 59.9 Å². The molecule has 0 amide bonds. The van der Waals surface area contributed by atoms with Gasteiger partial charge >= 0.3 is 5.97 Å². The van der Waals surface area contributed by atoms with Gasteiger partial charge in [0.25, 0.3) is 0 Å². The van der Waals surface area contributed by atoms with Crippen LogP contribution in [0.3, 0.4) is 0 Å². The van der Waals surface area contributed by atoms with Crippen molar-refractivity contribution < 1.29 is 18.7 Å². The highest BCUT2D eigenvalue weighted by Gasteiger charge is 2.10. The lowest BCUT2D eigenvalue weighted by Gasteiger charge is -2.11. The Balaban J connectivity index is 1.75. The Morgan fingerprint density at radius 3 is 2.88 bits per heavy atom. The third-order valence-electron chi connectivity index (χ3n) is 3.65. The minimum atomic E-state index is -0.266.